The van der Waals surface area contributed by atoms with Crippen molar-refractivity contribution in [3.8, 4) is 0 Å². The highest BCUT2D eigenvalue weighted by atomic mass is 32.1. The number of nitrogens with zero attached hydrogens (tertiary/aromatic N) is 2. The summed E-state index contributed by atoms with van der Waals surface area (Å²) in [6, 6.07) is 5.95. The zero-order valence-electron chi connectivity index (χ0n) is 7.84. The van der Waals surface area contributed by atoms with E-state index in [4.69, 9.17) is 5.73 Å². The second-order valence-corrected chi connectivity index (χ2v) is 4.42. The smallest absolute Gasteiger partial charge is 0.0662 e. The molecule has 2 aromatic heterocycles. The minimum Gasteiger partial charge on any atom is -0.320 e. The van der Waals surface area contributed by atoms with Gasteiger partial charge in [-0.3, -0.25) is 0 Å². The second kappa shape index (κ2) is 3.86. The summed E-state index contributed by atoms with van der Waals surface area (Å²) in [5.41, 5.74) is 7.07. The van der Waals surface area contributed by atoms with Crippen molar-refractivity contribution in [1.29, 1.82) is 0 Å². The number of rotatable bonds is 2. The molecule has 14 heavy (non-hydrogen) atoms. The Morgan fingerprint density at radius 1 is 1.29 bits per heavy atom. The molecule has 0 saturated heterocycles. The van der Waals surface area contributed by atoms with E-state index in [9.17, 15) is 0 Å². The highest BCUT2D eigenvalue weighted by Gasteiger charge is 2.10. The summed E-state index contributed by atoms with van der Waals surface area (Å²) in [5.74, 6) is 0. The van der Waals surface area contributed by atoms with Crippen LogP contribution < -0.4 is 5.73 Å². The zero-order chi connectivity index (χ0) is 9.97. The lowest BCUT2D eigenvalue weighted by Gasteiger charge is -2.07. The summed E-state index contributed by atoms with van der Waals surface area (Å²) in [7, 11) is 0. The fourth-order valence-electron chi connectivity index (χ4n) is 1.27. The van der Waals surface area contributed by atoms with Gasteiger partial charge >= 0.3 is 0 Å². The molecule has 1 unspecified atom stereocenters. The number of nitrogens with two attached hydrogens (primary N) is 1. The predicted octanol–water partition coefficient (Wildman–Crippen LogP) is 1.89. The zero-order valence-corrected chi connectivity index (χ0v) is 8.66. The lowest BCUT2D eigenvalue weighted by molar-refractivity contribution is 0.863. The summed E-state index contributed by atoms with van der Waals surface area (Å²) in [6.07, 6.45) is 3.37. The van der Waals surface area contributed by atoms with Gasteiger partial charge in [-0.05, 0) is 30.7 Å². The maximum absolute atomic E-state index is 6.07. The number of thiophene rings is 1. The minimum absolute atomic E-state index is 0.0794. The van der Waals surface area contributed by atoms with Gasteiger partial charge in [-0.25, -0.2) is 0 Å². The van der Waals surface area contributed by atoms with E-state index < -0.39 is 0 Å². The van der Waals surface area contributed by atoms with Gasteiger partial charge in [0, 0.05) is 16.0 Å². The molecule has 3 nitrogen and oxygen atoms in total. The molecule has 0 spiro atoms. The van der Waals surface area contributed by atoms with E-state index in [0.717, 1.165) is 10.4 Å². The molecule has 0 saturated carbocycles. The molecular formula is C10H11N3S. The third kappa shape index (κ3) is 1.81. The van der Waals surface area contributed by atoms with E-state index in [0.29, 0.717) is 0 Å². The maximum Gasteiger partial charge on any atom is 0.0662 e. The van der Waals surface area contributed by atoms with E-state index in [2.05, 4.69) is 29.3 Å². The second-order valence-electron chi connectivity index (χ2n) is 3.10. The highest BCUT2D eigenvalue weighted by Crippen LogP contribution is 2.25. The summed E-state index contributed by atoms with van der Waals surface area (Å²) < 4.78 is 0. The Balaban J connectivity index is 2.29. The first-order valence-electron chi connectivity index (χ1n) is 4.36. The van der Waals surface area contributed by atoms with E-state index in [-0.39, 0.29) is 6.04 Å². The molecule has 2 aromatic rings. The third-order valence-corrected chi connectivity index (χ3v) is 3.12. The molecule has 2 heterocycles. The molecule has 0 aromatic carbocycles. The van der Waals surface area contributed by atoms with Crippen LogP contribution in [0.5, 0.6) is 0 Å². The molecule has 2 N–H and O–H groups in total. The van der Waals surface area contributed by atoms with Crippen LogP contribution in [0, 0.1) is 6.92 Å². The lowest BCUT2D eigenvalue weighted by Crippen LogP contribution is -2.10. The van der Waals surface area contributed by atoms with Crippen molar-refractivity contribution < 1.29 is 0 Å². The van der Waals surface area contributed by atoms with Crippen LogP contribution in [-0.4, -0.2) is 10.2 Å². The van der Waals surface area contributed by atoms with Crippen LogP contribution in [0.4, 0.5) is 0 Å². The van der Waals surface area contributed by atoms with Gasteiger partial charge in [0.05, 0.1) is 12.2 Å². The Morgan fingerprint density at radius 3 is 2.71 bits per heavy atom. The maximum atomic E-state index is 6.07. The number of hydrogen-bond donors (Lipinski definition) is 1. The van der Waals surface area contributed by atoms with Crippen molar-refractivity contribution in [3.63, 3.8) is 0 Å². The van der Waals surface area contributed by atoms with Crippen LogP contribution in [0.25, 0.3) is 0 Å². The van der Waals surface area contributed by atoms with Crippen molar-refractivity contribution in [2.24, 2.45) is 5.73 Å². The van der Waals surface area contributed by atoms with Crippen molar-refractivity contribution >= 4 is 11.3 Å². The van der Waals surface area contributed by atoms with Gasteiger partial charge in [-0.2, -0.15) is 10.2 Å². The van der Waals surface area contributed by atoms with Gasteiger partial charge in [-0.1, -0.05) is 0 Å². The summed E-state index contributed by atoms with van der Waals surface area (Å²) in [5, 5.41) is 7.54. The van der Waals surface area contributed by atoms with Crippen LogP contribution in [0.3, 0.4) is 0 Å². The Hall–Kier alpha value is -1.26. The topological polar surface area (TPSA) is 51.8 Å². The molecule has 1 atom stereocenters. The Bertz CT molecular complexity index is 410. The summed E-state index contributed by atoms with van der Waals surface area (Å²) in [6.45, 7) is 2.08. The minimum atomic E-state index is -0.0794. The van der Waals surface area contributed by atoms with Gasteiger partial charge in [0.25, 0.3) is 0 Å². The van der Waals surface area contributed by atoms with E-state index >= 15 is 0 Å². The Morgan fingerprint density at radius 2 is 2.14 bits per heavy atom. The molecule has 4 heteroatoms. The first kappa shape index (κ1) is 9.30. The molecule has 72 valence electrons. The largest absolute Gasteiger partial charge is 0.320 e. The molecule has 2 rings (SSSR count). The molecule has 0 aliphatic rings. The van der Waals surface area contributed by atoms with Crippen LogP contribution in [0.2, 0.25) is 0 Å². The van der Waals surface area contributed by atoms with Gasteiger partial charge in [-0.15, -0.1) is 11.3 Å². The molecule has 0 radical (unpaired) electrons. The number of hydrogen-bond acceptors (Lipinski definition) is 4. The lowest BCUT2D eigenvalue weighted by atomic mass is 10.1. The molecule has 0 aliphatic carbocycles. The quantitative estimate of drug-likeness (QED) is 0.814. The normalized spacial score (nSPS) is 12.7. The SMILES string of the molecule is Cc1ccc(C(N)c2ccnnc2)s1. The highest BCUT2D eigenvalue weighted by molar-refractivity contribution is 7.12. The Kier molecular flexibility index (Phi) is 2.56. The fourth-order valence-corrected chi connectivity index (χ4v) is 2.18. The predicted molar refractivity (Wildman–Crippen MR) is 57.1 cm³/mol. The average Bonchev–Trinajstić information content (AvgIpc) is 2.65. The van der Waals surface area contributed by atoms with E-state index in [1.165, 1.54) is 4.88 Å². The third-order valence-electron chi connectivity index (χ3n) is 2.03. The standard InChI is InChI=1S/C10H11N3S/c1-7-2-3-9(14-7)10(11)8-4-5-12-13-6-8/h2-6,10H,11H2,1H3. The van der Waals surface area contributed by atoms with Gasteiger partial charge in [0.1, 0.15) is 0 Å². The Labute approximate surface area is 86.6 Å². The summed E-state index contributed by atoms with van der Waals surface area (Å²) in [4.78, 5) is 2.44. The van der Waals surface area contributed by atoms with Crippen LogP contribution in [0.1, 0.15) is 21.4 Å². The van der Waals surface area contributed by atoms with E-state index in [1.54, 1.807) is 23.7 Å². The van der Waals surface area contributed by atoms with Crippen LogP contribution in [-0.2, 0) is 0 Å². The first-order chi connectivity index (χ1) is 6.77. The molecule has 0 fully saturated rings. The van der Waals surface area contributed by atoms with Crippen molar-refractivity contribution in [1.82, 2.24) is 10.2 Å². The van der Waals surface area contributed by atoms with Crippen molar-refractivity contribution in [2.45, 2.75) is 13.0 Å². The van der Waals surface area contributed by atoms with Gasteiger partial charge < -0.3 is 5.73 Å². The summed E-state index contributed by atoms with van der Waals surface area (Å²) >= 11 is 1.72. The van der Waals surface area contributed by atoms with Gasteiger partial charge in [0.15, 0.2) is 0 Å². The van der Waals surface area contributed by atoms with Crippen molar-refractivity contribution in [3.05, 3.63) is 45.9 Å². The monoisotopic (exact) mass is 205 g/mol. The number of aromatic nitrogens is 2. The van der Waals surface area contributed by atoms with Crippen molar-refractivity contribution in [2.75, 3.05) is 0 Å². The van der Waals surface area contributed by atoms with E-state index in [1.807, 2.05) is 6.07 Å². The number of aryl methyl sites for hydroxylation is 1. The molecular weight excluding hydrogens is 194 g/mol. The van der Waals surface area contributed by atoms with Crippen LogP contribution >= 0.6 is 11.3 Å². The molecule has 0 bridgehead atoms. The first-order valence-corrected chi connectivity index (χ1v) is 5.17. The molecule has 0 aliphatic heterocycles. The molecule has 0 amide bonds. The fraction of sp³-hybridized carbons (Fsp3) is 0.200. The van der Waals surface area contributed by atoms with Crippen LogP contribution in [0.15, 0.2) is 30.6 Å². The average molecular weight is 205 g/mol. The van der Waals surface area contributed by atoms with Gasteiger partial charge in [0.2, 0.25) is 0 Å².